The lowest BCUT2D eigenvalue weighted by molar-refractivity contribution is 0.560. The lowest BCUT2D eigenvalue weighted by Crippen LogP contribution is -2.21. The van der Waals surface area contributed by atoms with Crippen molar-refractivity contribution in [3.8, 4) is 0 Å². The second kappa shape index (κ2) is 7.39. The molecule has 0 saturated heterocycles. The standard InChI is InChI=1S/C13H19BrFNS/c1-4-9(2)17-8-12(16-3)10-6-5-7-11(14)13(10)15/h5-7,9,12,16H,4,8H2,1-3H3. The van der Waals surface area contributed by atoms with Gasteiger partial charge < -0.3 is 5.32 Å². The Bertz CT molecular complexity index is 359. The predicted octanol–water partition coefficient (Wildman–Crippen LogP) is 4.38. The summed E-state index contributed by atoms with van der Waals surface area (Å²) in [5.74, 6) is 0.732. The highest BCUT2D eigenvalue weighted by atomic mass is 79.9. The molecule has 0 fully saturated rings. The quantitative estimate of drug-likeness (QED) is 0.835. The van der Waals surface area contributed by atoms with Crippen molar-refractivity contribution in [2.24, 2.45) is 0 Å². The summed E-state index contributed by atoms with van der Waals surface area (Å²) in [4.78, 5) is 0. The van der Waals surface area contributed by atoms with Gasteiger partial charge in [0.05, 0.1) is 4.47 Å². The van der Waals surface area contributed by atoms with Crippen LogP contribution >= 0.6 is 27.7 Å². The summed E-state index contributed by atoms with van der Waals surface area (Å²) in [5.41, 5.74) is 0.734. The number of benzene rings is 1. The van der Waals surface area contributed by atoms with Crippen LogP contribution in [-0.4, -0.2) is 18.1 Å². The third-order valence-corrected chi connectivity index (χ3v) is 4.87. The molecule has 2 unspecified atom stereocenters. The Kier molecular flexibility index (Phi) is 6.52. The van der Waals surface area contributed by atoms with Crippen LogP contribution in [-0.2, 0) is 0 Å². The van der Waals surface area contributed by atoms with Crippen LogP contribution in [0.25, 0.3) is 0 Å². The first-order valence-corrected chi connectivity index (χ1v) is 7.67. The van der Waals surface area contributed by atoms with Crippen LogP contribution in [0.3, 0.4) is 0 Å². The van der Waals surface area contributed by atoms with E-state index in [2.05, 4.69) is 35.1 Å². The van der Waals surface area contributed by atoms with Crippen LogP contribution in [0.4, 0.5) is 4.39 Å². The second-order valence-corrected chi connectivity index (χ2v) is 6.36. The summed E-state index contributed by atoms with van der Waals surface area (Å²) in [6.45, 7) is 4.38. The zero-order valence-corrected chi connectivity index (χ0v) is 12.9. The number of nitrogens with one attached hydrogen (secondary N) is 1. The summed E-state index contributed by atoms with van der Waals surface area (Å²) in [6, 6.07) is 5.51. The minimum Gasteiger partial charge on any atom is -0.312 e. The summed E-state index contributed by atoms with van der Waals surface area (Å²) in [7, 11) is 1.88. The normalized spacial score (nSPS) is 14.6. The van der Waals surface area contributed by atoms with Crippen LogP contribution in [0.1, 0.15) is 31.9 Å². The third-order valence-electron chi connectivity index (χ3n) is 2.83. The van der Waals surface area contributed by atoms with Gasteiger partial charge in [-0.1, -0.05) is 26.0 Å². The Hall–Kier alpha value is -0.0600. The Morgan fingerprint density at radius 2 is 2.18 bits per heavy atom. The van der Waals surface area contributed by atoms with Crippen molar-refractivity contribution in [1.29, 1.82) is 0 Å². The van der Waals surface area contributed by atoms with Crippen molar-refractivity contribution in [3.05, 3.63) is 34.1 Å². The molecule has 1 aromatic rings. The van der Waals surface area contributed by atoms with Gasteiger partial charge >= 0.3 is 0 Å². The summed E-state index contributed by atoms with van der Waals surface area (Å²) < 4.78 is 14.5. The summed E-state index contributed by atoms with van der Waals surface area (Å²) in [6.07, 6.45) is 1.14. The van der Waals surface area contributed by atoms with Gasteiger partial charge in [-0.3, -0.25) is 0 Å². The van der Waals surface area contributed by atoms with Crippen LogP contribution in [0, 0.1) is 5.82 Å². The average Bonchev–Trinajstić information content (AvgIpc) is 2.34. The van der Waals surface area contributed by atoms with E-state index in [1.54, 1.807) is 6.07 Å². The number of hydrogen-bond donors (Lipinski definition) is 1. The smallest absolute Gasteiger partial charge is 0.142 e. The number of halogens is 2. The largest absolute Gasteiger partial charge is 0.312 e. The molecule has 0 saturated carbocycles. The molecular formula is C13H19BrFNS. The van der Waals surface area contributed by atoms with Crippen molar-refractivity contribution in [2.75, 3.05) is 12.8 Å². The molecule has 1 rings (SSSR count). The molecule has 0 aliphatic heterocycles. The van der Waals surface area contributed by atoms with Gasteiger partial charge in [0.2, 0.25) is 0 Å². The van der Waals surface area contributed by atoms with E-state index in [1.165, 1.54) is 0 Å². The van der Waals surface area contributed by atoms with Crippen LogP contribution in [0.5, 0.6) is 0 Å². The third kappa shape index (κ3) is 4.27. The highest BCUT2D eigenvalue weighted by Gasteiger charge is 2.16. The van der Waals surface area contributed by atoms with Crippen LogP contribution in [0.15, 0.2) is 22.7 Å². The predicted molar refractivity (Wildman–Crippen MR) is 78.1 cm³/mol. The summed E-state index contributed by atoms with van der Waals surface area (Å²) >= 11 is 5.10. The molecule has 0 aliphatic rings. The average molecular weight is 320 g/mol. The lowest BCUT2D eigenvalue weighted by Gasteiger charge is -2.19. The molecule has 0 spiro atoms. The Balaban J connectivity index is 2.76. The van der Waals surface area contributed by atoms with Crippen LogP contribution < -0.4 is 5.32 Å². The molecule has 2 atom stereocenters. The first-order valence-electron chi connectivity index (χ1n) is 5.82. The van der Waals surface area contributed by atoms with Crippen LogP contribution in [0.2, 0.25) is 0 Å². The van der Waals surface area contributed by atoms with Gasteiger partial charge in [-0.15, -0.1) is 0 Å². The molecule has 96 valence electrons. The molecule has 0 aromatic heterocycles. The van der Waals surface area contributed by atoms with Gasteiger partial charge in [-0.05, 0) is 35.5 Å². The van der Waals surface area contributed by atoms with Crippen molar-refractivity contribution >= 4 is 27.7 Å². The zero-order valence-electron chi connectivity index (χ0n) is 10.5. The Morgan fingerprint density at radius 3 is 2.76 bits per heavy atom. The molecule has 0 bridgehead atoms. The van der Waals surface area contributed by atoms with Crippen molar-refractivity contribution < 1.29 is 4.39 Å². The highest BCUT2D eigenvalue weighted by molar-refractivity contribution is 9.10. The lowest BCUT2D eigenvalue weighted by atomic mass is 10.1. The topological polar surface area (TPSA) is 12.0 Å². The van der Waals surface area contributed by atoms with E-state index in [1.807, 2.05) is 30.9 Å². The minimum atomic E-state index is -0.156. The van der Waals surface area contributed by atoms with Gasteiger partial charge in [-0.25, -0.2) is 4.39 Å². The molecule has 4 heteroatoms. The highest BCUT2D eigenvalue weighted by Crippen LogP contribution is 2.27. The van der Waals surface area contributed by atoms with Gasteiger partial charge in [0.25, 0.3) is 0 Å². The van der Waals surface area contributed by atoms with E-state index >= 15 is 0 Å². The first-order chi connectivity index (χ1) is 8.10. The molecule has 1 aromatic carbocycles. The fourth-order valence-corrected chi connectivity index (χ4v) is 2.98. The van der Waals surface area contributed by atoms with Crippen molar-refractivity contribution in [2.45, 2.75) is 31.6 Å². The molecule has 1 nitrogen and oxygen atoms in total. The van der Waals surface area contributed by atoms with E-state index < -0.39 is 0 Å². The fraction of sp³-hybridized carbons (Fsp3) is 0.538. The molecule has 0 amide bonds. The van der Waals surface area contributed by atoms with E-state index in [9.17, 15) is 4.39 Å². The van der Waals surface area contributed by atoms with E-state index in [0.717, 1.165) is 17.7 Å². The summed E-state index contributed by atoms with van der Waals surface area (Å²) in [5, 5.41) is 3.80. The molecule has 17 heavy (non-hydrogen) atoms. The maximum atomic E-state index is 13.9. The second-order valence-electron chi connectivity index (χ2n) is 4.04. The van der Waals surface area contributed by atoms with E-state index in [4.69, 9.17) is 0 Å². The first kappa shape index (κ1) is 15.0. The number of thioether (sulfide) groups is 1. The SMILES string of the molecule is CCC(C)SCC(NC)c1cccc(Br)c1F. The number of hydrogen-bond acceptors (Lipinski definition) is 2. The zero-order chi connectivity index (χ0) is 12.8. The molecule has 1 N–H and O–H groups in total. The monoisotopic (exact) mass is 319 g/mol. The Labute approximate surface area is 116 Å². The van der Waals surface area contributed by atoms with Crippen molar-refractivity contribution in [1.82, 2.24) is 5.32 Å². The number of rotatable bonds is 6. The molecular weight excluding hydrogens is 301 g/mol. The van der Waals surface area contributed by atoms with Gasteiger partial charge in [0, 0.05) is 22.6 Å². The maximum absolute atomic E-state index is 13.9. The Morgan fingerprint density at radius 1 is 1.47 bits per heavy atom. The van der Waals surface area contributed by atoms with Gasteiger partial charge in [-0.2, -0.15) is 11.8 Å². The van der Waals surface area contributed by atoms with E-state index in [0.29, 0.717) is 9.72 Å². The molecule has 0 radical (unpaired) electrons. The maximum Gasteiger partial charge on any atom is 0.142 e. The fourth-order valence-electron chi connectivity index (χ4n) is 1.50. The minimum absolute atomic E-state index is 0.0616. The van der Waals surface area contributed by atoms with E-state index in [-0.39, 0.29) is 11.9 Å². The molecule has 0 aliphatic carbocycles. The van der Waals surface area contributed by atoms with Crippen molar-refractivity contribution in [3.63, 3.8) is 0 Å². The van der Waals surface area contributed by atoms with Gasteiger partial charge in [0.15, 0.2) is 0 Å². The molecule has 0 heterocycles. The van der Waals surface area contributed by atoms with Gasteiger partial charge in [0.1, 0.15) is 5.82 Å².